The summed E-state index contributed by atoms with van der Waals surface area (Å²) in [5, 5.41) is 20.8. The van der Waals surface area contributed by atoms with Gasteiger partial charge in [-0.05, 0) is 49.6 Å². The van der Waals surface area contributed by atoms with Gasteiger partial charge < -0.3 is 15.5 Å². The van der Waals surface area contributed by atoms with Crippen molar-refractivity contribution in [2.24, 2.45) is 0 Å². The molecule has 84 valence electrons. The van der Waals surface area contributed by atoms with Crippen molar-refractivity contribution in [2.75, 3.05) is 13.2 Å². The van der Waals surface area contributed by atoms with E-state index in [0.29, 0.717) is 13.1 Å². The molecular weight excluding hydrogens is 326 g/mol. The first-order chi connectivity index (χ1) is 7.13. The zero-order valence-corrected chi connectivity index (χ0v) is 11.3. The molecule has 15 heavy (non-hydrogen) atoms. The Hall–Kier alpha value is 0.0600. The Bertz CT molecular complexity index is 320. The molecule has 0 fully saturated rings. The Morgan fingerprint density at radius 3 is 2.60 bits per heavy atom. The fourth-order valence-corrected chi connectivity index (χ4v) is 1.77. The number of rotatable bonds is 5. The van der Waals surface area contributed by atoms with Gasteiger partial charge in [-0.15, -0.1) is 0 Å². The molecule has 1 aromatic rings. The van der Waals surface area contributed by atoms with Crippen molar-refractivity contribution in [1.29, 1.82) is 0 Å². The average molecular weight is 339 g/mol. The molecule has 0 bridgehead atoms. The van der Waals surface area contributed by atoms with Crippen LogP contribution in [0.3, 0.4) is 0 Å². The molecule has 0 radical (unpaired) electrons. The second-order valence-corrected chi connectivity index (χ2v) is 4.92. The topological polar surface area (TPSA) is 52.5 Å². The van der Waals surface area contributed by atoms with Crippen LogP contribution >= 0.6 is 31.9 Å². The van der Waals surface area contributed by atoms with Crippen molar-refractivity contribution >= 4 is 31.9 Å². The Morgan fingerprint density at radius 2 is 2.00 bits per heavy atom. The van der Waals surface area contributed by atoms with E-state index < -0.39 is 6.10 Å². The molecular formula is C10H13Br2NO2. The Kier molecular flexibility index (Phi) is 5.78. The first-order valence-corrected chi connectivity index (χ1v) is 6.15. The van der Waals surface area contributed by atoms with Crippen LogP contribution in [-0.4, -0.2) is 29.5 Å². The SMILES string of the molecule is OCC(O)CNCc1ccc(Br)c(Br)c1. The van der Waals surface area contributed by atoms with Crippen LogP contribution < -0.4 is 5.32 Å². The smallest absolute Gasteiger partial charge is 0.0895 e. The molecule has 3 nitrogen and oxygen atoms in total. The van der Waals surface area contributed by atoms with Gasteiger partial charge in [0.15, 0.2) is 0 Å². The highest BCUT2D eigenvalue weighted by Crippen LogP contribution is 2.23. The van der Waals surface area contributed by atoms with Crippen LogP contribution in [-0.2, 0) is 6.54 Å². The Labute approximate surface area is 106 Å². The van der Waals surface area contributed by atoms with Gasteiger partial charge in [-0.25, -0.2) is 0 Å². The fraction of sp³-hybridized carbons (Fsp3) is 0.400. The van der Waals surface area contributed by atoms with E-state index in [1.54, 1.807) is 0 Å². The molecule has 0 aliphatic heterocycles. The van der Waals surface area contributed by atoms with E-state index in [1.807, 2.05) is 18.2 Å². The maximum absolute atomic E-state index is 9.11. The van der Waals surface area contributed by atoms with Crippen molar-refractivity contribution in [2.45, 2.75) is 12.6 Å². The standard InChI is InChI=1S/C10H13Br2NO2/c11-9-2-1-7(3-10(9)12)4-13-5-8(15)6-14/h1-3,8,13-15H,4-6H2. The molecule has 0 aliphatic carbocycles. The molecule has 0 saturated heterocycles. The molecule has 1 atom stereocenters. The summed E-state index contributed by atoms with van der Waals surface area (Å²) in [7, 11) is 0. The van der Waals surface area contributed by atoms with E-state index in [9.17, 15) is 0 Å². The highest BCUT2D eigenvalue weighted by Gasteiger charge is 2.02. The minimum atomic E-state index is -0.691. The number of hydrogen-bond donors (Lipinski definition) is 3. The zero-order valence-electron chi connectivity index (χ0n) is 8.08. The average Bonchev–Trinajstić information content (AvgIpc) is 2.23. The van der Waals surface area contributed by atoms with Gasteiger partial charge in [0.2, 0.25) is 0 Å². The third-order valence-electron chi connectivity index (χ3n) is 1.90. The maximum Gasteiger partial charge on any atom is 0.0895 e. The molecule has 0 heterocycles. The normalized spacial score (nSPS) is 12.8. The van der Waals surface area contributed by atoms with Crippen molar-refractivity contribution in [1.82, 2.24) is 5.32 Å². The minimum absolute atomic E-state index is 0.211. The third-order valence-corrected chi connectivity index (χ3v) is 3.78. The molecule has 0 amide bonds. The first-order valence-electron chi connectivity index (χ1n) is 4.57. The number of halogens is 2. The predicted octanol–water partition coefficient (Wildman–Crippen LogP) is 1.65. The minimum Gasteiger partial charge on any atom is -0.394 e. The van der Waals surface area contributed by atoms with Crippen molar-refractivity contribution in [3.8, 4) is 0 Å². The lowest BCUT2D eigenvalue weighted by Crippen LogP contribution is -2.28. The second kappa shape index (κ2) is 6.60. The van der Waals surface area contributed by atoms with Gasteiger partial charge in [0.05, 0.1) is 12.7 Å². The van der Waals surface area contributed by atoms with E-state index in [4.69, 9.17) is 10.2 Å². The summed E-state index contributed by atoms with van der Waals surface area (Å²) in [5.74, 6) is 0. The Morgan fingerprint density at radius 1 is 1.27 bits per heavy atom. The number of hydrogen-bond acceptors (Lipinski definition) is 3. The van der Waals surface area contributed by atoms with E-state index in [2.05, 4.69) is 37.2 Å². The van der Waals surface area contributed by atoms with Gasteiger partial charge in [0.25, 0.3) is 0 Å². The summed E-state index contributed by atoms with van der Waals surface area (Å²) in [6.07, 6.45) is -0.691. The number of aliphatic hydroxyl groups excluding tert-OH is 2. The van der Waals surface area contributed by atoms with Crippen LogP contribution in [0.1, 0.15) is 5.56 Å². The molecule has 3 N–H and O–H groups in total. The van der Waals surface area contributed by atoms with Gasteiger partial charge in [0, 0.05) is 22.0 Å². The highest BCUT2D eigenvalue weighted by molar-refractivity contribution is 9.13. The van der Waals surface area contributed by atoms with E-state index >= 15 is 0 Å². The maximum atomic E-state index is 9.11. The predicted molar refractivity (Wildman–Crippen MR) is 66.6 cm³/mol. The van der Waals surface area contributed by atoms with Crippen LogP contribution in [0.25, 0.3) is 0 Å². The number of benzene rings is 1. The van der Waals surface area contributed by atoms with Crippen LogP contribution in [0.4, 0.5) is 0 Å². The summed E-state index contributed by atoms with van der Waals surface area (Å²) in [6.45, 7) is 0.851. The highest BCUT2D eigenvalue weighted by atomic mass is 79.9. The van der Waals surface area contributed by atoms with E-state index in [1.165, 1.54) is 0 Å². The van der Waals surface area contributed by atoms with Gasteiger partial charge in [-0.1, -0.05) is 6.07 Å². The van der Waals surface area contributed by atoms with Gasteiger partial charge >= 0.3 is 0 Å². The lowest BCUT2D eigenvalue weighted by Gasteiger charge is -2.09. The summed E-state index contributed by atoms with van der Waals surface area (Å²) in [4.78, 5) is 0. The van der Waals surface area contributed by atoms with Crippen molar-refractivity contribution in [3.63, 3.8) is 0 Å². The zero-order chi connectivity index (χ0) is 11.3. The van der Waals surface area contributed by atoms with E-state index in [0.717, 1.165) is 14.5 Å². The monoisotopic (exact) mass is 337 g/mol. The van der Waals surface area contributed by atoms with Gasteiger partial charge in [0.1, 0.15) is 0 Å². The molecule has 1 aromatic carbocycles. The second-order valence-electron chi connectivity index (χ2n) is 3.22. The van der Waals surface area contributed by atoms with Gasteiger partial charge in [-0.3, -0.25) is 0 Å². The lowest BCUT2D eigenvalue weighted by molar-refractivity contribution is 0.0942. The summed E-state index contributed by atoms with van der Waals surface area (Å²) < 4.78 is 2.02. The van der Waals surface area contributed by atoms with Gasteiger partial charge in [-0.2, -0.15) is 0 Å². The first kappa shape index (κ1) is 13.1. The Balaban J connectivity index is 2.41. The number of aliphatic hydroxyl groups is 2. The molecule has 1 unspecified atom stereocenters. The quantitative estimate of drug-likeness (QED) is 0.765. The van der Waals surface area contributed by atoms with Crippen molar-refractivity contribution in [3.05, 3.63) is 32.7 Å². The number of nitrogens with one attached hydrogen (secondary N) is 1. The van der Waals surface area contributed by atoms with Crippen LogP contribution in [0.2, 0.25) is 0 Å². The molecule has 0 aliphatic rings. The summed E-state index contributed by atoms with van der Waals surface area (Å²) >= 11 is 6.81. The third kappa shape index (κ3) is 4.61. The molecule has 0 saturated carbocycles. The summed E-state index contributed by atoms with van der Waals surface area (Å²) in [6, 6.07) is 5.96. The fourth-order valence-electron chi connectivity index (χ4n) is 1.10. The van der Waals surface area contributed by atoms with E-state index in [-0.39, 0.29) is 6.61 Å². The molecule has 0 spiro atoms. The lowest BCUT2D eigenvalue weighted by atomic mass is 10.2. The molecule has 5 heteroatoms. The van der Waals surface area contributed by atoms with Crippen LogP contribution in [0, 0.1) is 0 Å². The molecule has 0 aromatic heterocycles. The van der Waals surface area contributed by atoms with Crippen LogP contribution in [0.5, 0.6) is 0 Å². The summed E-state index contributed by atoms with van der Waals surface area (Å²) in [5.41, 5.74) is 1.12. The largest absolute Gasteiger partial charge is 0.394 e. The van der Waals surface area contributed by atoms with Crippen LogP contribution in [0.15, 0.2) is 27.1 Å². The molecule has 1 rings (SSSR count). The van der Waals surface area contributed by atoms with Crippen molar-refractivity contribution < 1.29 is 10.2 Å².